The predicted molar refractivity (Wildman–Crippen MR) is 111 cm³/mol. The number of phenolic OH excluding ortho intramolecular Hbond substituents is 1. The van der Waals surface area contributed by atoms with Crippen LogP contribution >= 0.6 is 0 Å². The monoisotopic (exact) mass is 418 g/mol. The lowest BCUT2D eigenvalue weighted by atomic mass is 9.86. The molecule has 0 fully saturated rings. The van der Waals surface area contributed by atoms with Gasteiger partial charge in [0.2, 0.25) is 5.43 Å². The van der Waals surface area contributed by atoms with Gasteiger partial charge in [-0.3, -0.25) is 14.3 Å². The molecule has 8 heteroatoms. The van der Waals surface area contributed by atoms with Crippen molar-refractivity contribution in [3.05, 3.63) is 70.3 Å². The average molecular weight is 418 g/mol. The van der Waals surface area contributed by atoms with Crippen LogP contribution in [0.5, 0.6) is 17.2 Å². The number of aromatic hydroxyl groups is 1. The molecule has 5 rings (SSSR count). The Balaban J connectivity index is 1.75. The maximum absolute atomic E-state index is 13.3. The van der Waals surface area contributed by atoms with Crippen molar-refractivity contribution in [2.75, 3.05) is 7.11 Å². The normalized spacial score (nSPS) is 15.5. The highest BCUT2D eigenvalue weighted by Crippen LogP contribution is 2.45. The number of ether oxygens (including phenoxy) is 2. The Labute approximate surface area is 176 Å². The van der Waals surface area contributed by atoms with E-state index < -0.39 is 11.9 Å². The van der Waals surface area contributed by atoms with Gasteiger partial charge < -0.3 is 19.0 Å². The largest absolute Gasteiger partial charge is 0.507 e. The van der Waals surface area contributed by atoms with E-state index in [0.717, 1.165) is 5.56 Å². The molecule has 0 radical (unpaired) electrons. The Morgan fingerprint density at radius 3 is 2.68 bits per heavy atom. The molecule has 1 N–H and O–H groups in total. The van der Waals surface area contributed by atoms with Crippen molar-refractivity contribution in [2.45, 2.75) is 12.3 Å². The number of aromatic nitrogens is 2. The Kier molecular flexibility index (Phi) is 4.28. The molecule has 0 saturated carbocycles. The van der Waals surface area contributed by atoms with Crippen LogP contribution in [0.3, 0.4) is 0 Å². The maximum Gasteiger partial charge on any atom is 0.312 e. The SMILES string of the molecule is COc1ccc(-c2coc3c4c(cc(O)c3c2=O)OC(=O)CC4c2cnn(C)c2)cc1. The van der Waals surface area contributed by atoms with Gasteiger partial charge in [-0.25, -0.2) is 0 Å². The number of carbonyl (C=O) groups is 1. The number of carbonyl (C=O) groups excluding carboxylic acids is 1. The van der Waals surface area contributed by atoms with Gasteiger partial charge in [-0.1, -0.05) is 12.1 Å². The fourth-order valence-electron chi connectivity index (χ4n) is 4.01. The molecule has 0 saturated heterocycles. The van der Waals surface area contributed by atoms with Gasteiger partial charge in [0.15, 0.2) is 0 Å². The molecular formula is C23H18N2O6. The van der Waals surface area contributed by atoms with Crippen LogP contribution in [0.4, 0.5) is 0 Å². The fraction of sp³-hybridized carbons (Fsp3) is 0.174. The molecule has 1 aliphatic heterocycles. The summed E-state index contributed by atoms with van der Waals surface area (Å²) in [5, 5.41) is 14.8. The Hall–Kier alpha value is -4.07. The number of fused-ring (bicyclic) bond motifs is 3. The summed E-state index contributed by atoms with van der Waals surface area (Å²) in [4.78, 5) is 25.5. The summed E-state index contributed by atoms with van der Waals surface area (Å²) >= 11 is 0. The Bertz CT molecular complexity index is 1380. The standard InChI is InChI=1S/C23H18N2O6/c1-25-10-13(9-24-25)15-7-19(27)31-18-8-17(26)21-22(28)16(11-30-23(21)20(15)18)12-3-5-14(29-2)6-4-12/h3-6,8-11,15,26H,7H2,1-2H3. The smallest absolute Gasteiger partial charge is 0.312 e. The lowest BCUT2D eigenvalue weighted by Gasteiger charge is -2.24. The number of methoxy groups -OCH3 is 1. The number of hydrogen-bond donors (Lipinski definition) is 1. The van der Waals surface area contributed by atoms with E-state index in [4.69, 9.17) is 13.9 Å². The summed E-state index contributed by atoms with van der Waals surface area (Å²) in [7, 11) is 3.34. The van der Waals surface area contributed by atoms with Gasteiger partial charge in [-0.2, -0.15) is 5.10 Å². The Morgan fingerprint density at radius 1 is 1.23 bits per heavy atom. The highest BCUT2D eigenvalue weighted by atomic mass is 16.5. The number of phenols is 1. The van der Waals surface area contributed by atoms with E-state index in [1.165, 1.54) is 12.3 Å². The molecule has 156 valence electrons. The number of benzene rings is 2. The summed E-state index contributed by atoms with van der Waals surface area (Å²) < 4.78 is 18.1. The number of aryl methyl sites for hydroxylation is 1. The zero-order chi connectivity index (χ0) is 21.7. The van der Waals surface area contributed by atoms with Crippen molar-refractivity contribution in [1.82, 2.24) is 9.78 Å². The van der Waals surface area contributed by atoms with Crippen LogP contribution in [0.2, 0.25) is 0 Å². The summed E-state index contributed by atoms with van der Waals surface area (Å²) in [5.41, 5.74) is 2.07. The fourth-order valence-corrected chi connectivity index (χ4v) is 4.01. The van der Waals surface area contributed by atoms with E-state index in [-0.39, 0.29) is 34.3 Å². The van der Waals surface area contributed by atoms with Crippen molar-refractivity contribution in [3.63, 3.8) is 0 Å². The second kappa shape index (κ2) is 7.02. The Morgan fingerprint density at radius 2 is 2.00 bits per heavy atom. The zero-order valence-electron chi connectivity index (χ0n) is 16.8. The second-order valence-electron chi connectivity index (χ2n) is 7.40. The molecule has 0 aliphatic carbocycles. The summed E-state index contributed by atoms with van der Waals surface area (Å²) in [6, 6.07) is 8.26. The molecule has 1 aliphatic rings. The first-order chi connectivity index (χ1) is 15.0. The molecule has 1 unspecified atom stereocenters. The van der Waals surface area contributed by atoms with E-state index >= 15 is 0 Å². The second-order valence-corrected chi connectivity index (χ2v) is 7.40. The highest BCUT2D eigenvalue weighted by molar-refractivity contribution is 5.94. The summed E-state index contributed by atoms with van der Waals surface area (Å²) in [6.07, 6.45) is 4.90. The summed E-state index contributed by atoms with van der Waals surface area (Å²) in [5.74, 6) is -0.319. The minimum absolute atomic E-state index is 0.0407. The van der Waals surface area contributed by atoms with Gasteiger partial charge in [0.1, 0.15) is 34.5 Å². The van der Waals surface area contributed by atoms with Gasteiger partial charge in [0, 0.05) is 30.8 Å². The third kappa shape index (κ3) is 3.04. The van der Waals surface area contributed by atoms with Crippen LogP contribution in [0, 0.1) is 0 Å². The number of rotatable bonds is 3. The van der Waals surface area contributed by atoms with Crippen LogP contribution in [0.1, 0.15) is 23.5 Å². The van der Waals surface area contributed by atoms with E-state index in [9.17, 15) is 14.7 Å². The minimum atomic E-state index is -0.433. The zero-order valence-corrected chi connectivity index (χ0v) is 16.8. The molecule has 1 atom stereocenters. The van der Waals surface area contributed by atoms with Crippen LogP contribution in [0.15, 0.2) is 58.2 Å². The third-order valence-electron chi connectivity index (χ3n) is 5.50. The van der Waals surface area contributed by atoms with Gasteiger partial charge in [-0.05, 0) is 23.3 Å². The molecule has 3 heterocycles. The predicted octanol–water partition coefficient (Wildman–Crippen LogP) is 3.35. The van der Waals surface area contributed by atoms with Crippen molar-refractivity contribution < 1.29 is 23.8 Å². The average Bonchev–Trinajstić information content (AvgIpc) is 3.19. The quantitative estimate of drug-likeness (QED) is 0.402. The molecule has 2 aromatic heterocycles. The molecule has 8 nitrogen and oxygen atoms in total. The molecule has 0 amide bonds. The van der Waals surface area contributed by atoms with E-state index in [1.807, 2.05) is 0 Å². The topological polar surface area (TPSA) is 104 Å². The third-order valence-corrected chi connectivity index (χ3v) is 5.50. The molecular weight excluding hydrogens is 400 g/mol. The van der Waals surface area contributed by atoms with E-state index in [2.05, 4.69) is 5.10 Å². The van der Waals surface area contributed by atoms with Crippen LogP contribution in [-0.2, 0) is 11.8 Å². The van der Waals surface area contributed by atoms with Gasteiger partial charge in [-0.15, -0.1) is 0 Å². The van der Waals surface area contributed by atoms with Crippen LogP contribution < -0.4 is 14.9 Å². The minimum Gasteiger partial charge on any atom is -0.507 e. The first-order valence-corrected chi connectivity index (χ1v) is 9.61. The number of hydrogen-bond acceptors (Lipinski definition) is 7. The van der Waals surface area contributed by atoms with E-state index in [1.54, 1.807) is 55.5 Å². The van der Waals surface area contributed by atoms with Crippen molar-refractivity contribution in [2.24, 2.45) is 7.05 Å². The lowest BCUT2D eigenvalue weighted by Crippen LogP contribution is -2.22. The van der Waals surface area contributed by atoms with E-state index in [0.29, 0.717) is 22.4 Å². The molecule has 0 bridgehead atoms. The van der Waals surface area contributed by atoms with Crippen LogP contribution in [0.25, 0.3) is 22.1 Å². The van der Waals surface area contributed by atoms with Crippen LogP contribution in [-0.4, -0.2) is 28.0 Å². The molecule has 0 spiro atoms. The molecule has 2 aromatic carbocycles. The van der Waals surface area contributed by atoms with Gasteiger partial charge >= 0.3 is 5.97 Å². The van der Waals surface area contributed by atoms with Crippen molar-refractivity contribution in [3.8, 4) is 28.4 Å². The maximum atomic E-state index is 13.3. The van der Waals surface area contributed by atoms with Crippen molar-refractivity contribution >= 4 is 16.9 Å². The first-order valence-electron chi connectivity index (χ1n) is 9.61. The van der Waals surface area contributed by atoms with Gasteiger partial charge in [0.05, 0.1) is 25.3 Å². The summed E-state index contributed by atoms with van der Waals surface area (Å²) in [6.45, 7) is 0. The van der Waals surface area contributed by atoms with Gasteiger partial charge in [0.25, 0.3) is 0 Å². The first kappa shape index (κ1) is 18.9. The lowest BCUT2D eigenvalue weighted by molar-refractivity contribution is -0.135. The number of nitrogens with zero attached hydrogens (tertiary/aromatic N) is 2. The van der Waals surface area contributed by atoms with Crippen molar-refractivity contribution in [1.29, 1.82) is 0 Å². The number of esters is 1. The highest BCUT2D eigenvalue weighted by Gasteiger charge is 2.34. The molecule has 31 heavy (non-hydrogen) atoms. The molecule has 4 aromatic rings.